The van der Waals surface area contributed by atoms with Gasteiger partial charge in [0.1, 0.15) is 11.5 Å². The molecule has 128 valence electrons. The van der Waals surface area contributed by atoms with E-state index >= 15 is 0 Å². The van der Waals surface area contributed by atoms with Crippen molar-refractivity contribution >= 4 is 0 Å². The van der Waals surface area contributed by atoms with Crippen LogP contribution in [0.15, 0.2) is 66.9 Å². The van der Waals surface area contributed by atoms with Gasteiger partial charge in [0.05, 0.1) is 26.3 Å². The fourth-order valence-corrected chi connectivity index (χ4v) is 3.69. The van der Waals surface area contributed by atoms with Crippen LogP contribution in [0, 0.1) is 0 Å². The first-order valence-corrected chi connectivity index (χ1v) is 8.48. The minimum absolute atomic E-state index is 0.0646. The molecular formula is C21H22N2O2. The Balaban J connectivity index is 1.78. The monoisotopic (exact) mass is 334 g/mol. The first kappa shape index (κ1) is 15.8. The van der Waals surface area contributed by atoms with E-state index in [0.29, 0.717) is 0 Å². The van der Waals surface area contributed by atoms with E-state index in [1.54, 1.807) is 14.2 Å². The second kappa shape index (κ2) is 6.65. The lowest BCUT2D eigenvalue weighted by Crippen LogP contribution is -2.37. The maximum atomic E-state index is 5.60. The number of rotatable bonds is 4. The van der Waals surface area contributed by atoms with Crippen molar-refractivity contribution in [1.82, 2.24) is 9.88 Å². The lowest BCUT2D eigenvalue weighted by atomic mass is 9.96. The molecule has 0 fully saturated rings. The van der Waals surface area contributed by atoms with E-state index < -0.39 is 0 Å². The quantitative estimate of drug-likeness (QED) is 0.785. The smallest absolute Gasteiger partial charge is 0.124 e. The SMILES string of the molecule is COc1ccccc1C1Cn2cccc2C(c2ccccc2OC)N1. The molecule has 2 unspecified atom stereocenters. The molecule has 1 aromatic heterocycles. The van der Waals surface area contributed by atoms with Crippen molar-refractivity contribution < 1.29 is 9.47 Å². The largest absolute Gasteiger partial charge is 0.496 e. The van der Waals surface area contributed by atoms with Gasteiger partial charge < -0.3 is 14.0 Å². The Morgan fingerprint density at radius 1 is 0.840 bits per heavy atom. The molecule has 2 atom stereocenters. The van der Waals surface area contributed by atoms with Crippen LogP contribution >= 0.6 is 0 Å². The van der Waals surface area contributed by atoms with Gasteiger partial charge in [-0.1, -0.05) is 36.4 Å². The minimum atomic E-state index is 0.0646. The van der Waals surface area contributed by atoms with Gasteiger partial charge in [-0.05, 0) is 24.3 Å². The van der Waals surface area contributed by atoms with Gasteiger partial charge in [-0.3, -0.25) is 5.32 Å². The van der Waals surface area contributed by atoms with Gasteiger partial charge in [0.25, 0.3) is 0 Å². The molecule has 0 amide bonds. The number of nitrogens with zero attached hydrogens (tertiary/aromatic N) is 1. The molecule has 1 aliphatic heterocycles. The van der Waals surface area contributed by atoms with Crippen molar-refractivity contribution in [3.8, 4) is 11.5 Å². The molecule has 4 heteroatoms. The van der Waals surface area contributed by atoms with Crippen LogP contribution in [-0.2, 0) is 6.54 Å². The number of ether oxygens (including phenoxy) is 2. The van der Waals surface area contributed by atoms with E-state index in [1.807, 2.05) is 24.3 Å². The molecule has 1 N–H and O–H groups in total. The van der Waals surface area contributed by atoms with Crippen molar-refractivity contribution in [2.45, 2.75) is 18.6 Å². The van der Waals surface area contributed by atoms with Gasteiger partial charge in [-0.15, -0.1) is 0 Å². The molecule has 1 aliphatic rings. The summed E-state index contributed by atoms with van der Waals surface area (Å²) in [6.45, 7) is 0.869. The number of nitrogens with one attached hydrogen (secondary N) is 1. The molecule has 0 spiro atoms. The molecule has 0 saturated heterocycles. The summed E-state index contributed by atoms with van der Waals surface area (Å²) >= 11 is 0. The number of hydrogen-bond donors (Lipinski definition) is 1. The maximum absolute atomic E-state index is 5.60. The summed E-state index contributed by atoms with van der Waals surface area (Å²) in [7, 11) is 3.44. The maximum Gasteiger partial charge on any atom is 0.124 e. The third-order valence-corrected chi connectivity index (χ3v) is 4.87. The summed E-state index contributed by atoms with van der Waals surface area (Å²) in [6.07, 6.45) is 2.14. The molecule has 0 aliphatic carbocycles. The average Bonchev–Trinajstić information content (AvgIpc) is 3.15. The molecule has 0 bridgehead atoms. The van der Waals surface area contributed by atoms with Crippen molar-refractivity contribution in [3.63, 3.8) is 0 Å². The van der Waals surface area contributed by atoms with Crippen LogP contribution in [0.2, 0.25) is 0 Å². The van der Waals surface area contributed by atoms with Crippen LogP contribution in [0.4, 0.5) is 0 Å². The summed E-state index contributed by atoms with van der Waals surface area (Å²) < 4.78 is 13.5. The third kappa shape index (κ3) is 2.79. The van der Waals surface area contributed by atoms with Crippen LogP contribution in [-0.4, -0.2) is 18.8 Å². The molecule has 2 aromatic carbocycles. The molecule has 0 saturated carbocycles. The fourth-order valence-electron chi connectivity index (χ4n) is 3.69. The Morgan fingerprint density at radius 2 is 1.48 bits per heavy atom. The van der Waals surface area contributed by atoms with E-state index in [2.05, 4.69) is 52.5 Å². The van der Waals surface area contributed by atoms with E-state index in [4.69, 9.17) is 9.47 Å². The minimum Gasteiger partial charge on any atom is -0.496 e. The van der Waals surface area contributed by atoms with E-state index in [0.717, 1.165) is 23.6 Å². The highest BCUT2D eigenvalue weighted by atomic mass is 16.5. The van der Waals surface area contributed by atoms with Crippen molar-refractivity contribution in [3.05, 3.63) is 83.7 Å². The molecule has 3 aromatic rings. The number of para-hydroxylation sites is 2. The Labute approximate surface area is 148 Å². The van der Waals surface area contributed by atoms with Crippen LogP contribution < -0.4 is 14.8 Å². The zero-order valence-electron chi connectivity index (χ0n) is 14.5. The van der Waals surface area contributed by atoms with Crippen LogP contribution in [0.1, 0.15) is 28.9 Å². The Kier molecular flexibility index (Phi) is 4.20. The van der Waals surface area contributed by atoms with Gasteiger partial charge in [0.15, 0.2) is 0 Å². The van der Waals surface area contributed by atoms with Crippen LogP contribution in [0.25, 0.3) is 0 Å². The second-order valence-corrected chi connectivity index (χ2v) is 6.22. The highest BCUT2D eigenvalue weighted by Gasteiger charge is 2.30. The van der Waals surface area contributed by atoms with Gasteiger partial charge in [0.2, 0.25) is 0 Å². The van der Waals surface area contributed by atoms with Gasteiger partial charge >= 0.3 is 0 Å². The summed E-state index contributed by atoms with van der Waals surface area (Å²) in [5, 5.41) is 3.80. The number of aromatic nitrogens is 1. The molecule has 4 nitrogen and oxygen atoms in total. The molecular weight excluding hydrogens is 312 g/mol. The van der Waals surface area contributed by atoms with E-state index in [-0.39, 0.29) is 12.1 Å². The molecule has 4 rings (SSSR count). The average molecular weight is 334 g/mol. The van der Waals surface area contributed by atoms with Crippen LogP contribution in [0.3, 0.4) is 0 Å². The number of hydrogen-bond acceptors (Lipinski definition) is 3. The van der Waals surface area contributed by atoms with Crippen molar-refractivity contribution in [1.29, 1.82) is 0 Å². The Morgan fingerprint density at radius 3 is 2.20 bits per heavy atom. The normalized spacial score (nSPS) is 19.3. The summed E-state index contributed by atoms with van der Waals surface area (Å²) in [4.78, 5) is 0. The van der Waals surface area contributed by atoms with E-state index in [1.165, 1.54) is 11.3 Å². The van der Waals surface area contributed by atoms with E-state index in [9.17, 15) is 0 Å². The van der Waals surface area contributed by atoms with Gasteiger partial charge in [-0.25, -0.2) is 0 Å². The zero-order valence-corrected chi connectivity index (χ0v) is 14.5. The first-order chi connectivity index (χ1) is 12.3. The second-order valence-electron chi connectivity index (χ2n) is 6.22. The Hall–Kier alpha value is -2.72. The molecule has 25 heavy (non-hydrogen) atoms. The van der Waals surface area contributed by atoms with Crippen LogP contribution in [0.5, 0.6) is 11.5 Å². The van der Waals surface area contributed by atoms with Gasteiger partial charge in [0, 0.05) is 29.6 Å². The lowest BCUT2D eigenvalue weighted by Gasteiger charge is -2.34. The third-order valence-electron chi connectivity index (χ3n) is 4.87. The molecule has 2 heterocycles. The number of fused-ring (bicyclic) bond motifs is 1. The predicted molar refractivity (Wildman–Crippen MR) is 98.1 cm³/mol. The fraction of sp³-hybridized carbons (Fsp3) is 0.238. The topological polar surface area (TPSA) is 35.4 Å². The zero-order chi connectivity index (χ0) is 17.2. The molecule has 0 radical (unpaired) electrons. The Bertz CT molecular complexity index is 872. The number of benzene rings is 2. The van der Waals surface area contributed by atoms with Crippen molar-refractivity contribution in [2.75, 3.05) is 14.2 Å². The highest BCUT2D eigenvalue weighted by molar-refractivity contribution is 5.43. The highest BCUT2D eigenvalue weighted by Crippen LogP contribution is 2.38. The summed E-state index contributed by atoms with van der Waals surface area (Å²) in [6, 6.07) is 20.9. The predicted octanol–water partition coefficient (Wildman–Crippen LogP) is 3.94. The van der Waals surface area contributed by atoms with Crippen molar-refractivity contribution in [2.24, 2.45) is 0 Å². The summed E-state index contributed by atoms with van der Waals surface area (Å²) in [5.74, 6) is 1.81. The first-order valence-electron chi connectivity index (χ1n) is 8.48. The standard InChI is InChI=1S/C21H22N2O2/c1-24-19-11-5-3-8-15(19)17-14-23-13-7-10-18(23)21(22-17)16-9-4-6-12-20(16)25-2/h3-13,17,21-22H,14H2,1-2H3. The summed E-state index contributed by atoms with van der Waals surface area (Å²) in [5.41, 5.74) is 3.56. The number of methoxy groups -OCH3 is 2. The van der Waals surface area contributed by atoms with Gasteiger partial charge in [-0.2, -0.15) is 0 Å². The lowest BCUT2D eigenvalue weighted by molar-refractivity contribution is 0.339.